The second-order valence-corrected chi connectivity index (χ2v) is 6.06. The quantitative estimate of drug-likeness (QED) is 0.892. The number of pyridine rings is 1. The van der Waals surface area contributed by atoms with Crippen molar-refractivity contribution in [3.63, 3.8) is 0 Å². The first-order valence-electron chi connectivity index (χ1n) is 6.79. The van der Waals surface area contributed by atoms with Crippen molar-refractivity contribution >= 4 is 23.2 Å². The summed E-state index contributed by atoms with van der Waals surface area (Å²) in [5.41, 5.74) is 4.09. The molecule has 0 aliphatic heterocycles. The van der Waals surface area contributed by atoms with Gasteiger partial charge in [-0.15, -0.1) is 0 Å². The summed E-state index contributed by atoms with van der Waals surface area (Å²) in [6.45, 7) is 2.93. The third-order valence-electron chi connectivity index (χ3n) is 3.56. The molecule has 0 saturated heterocycles. The van der Waals surface area contributed by atoms with Gasteiger partial charge in [0, 0.05) is 28.9 Å². The monoisotopic (exact) mass is 306 g/mol. The molecule has 1 aromatic heterocycles. The maximum absolute atomic E-state index is 6.23. The minimum atomic E-state index is 0.633. The van der Waals surface area contributed by atoms with Gasteiger partial charge in [-0.3, -0.25) is 4.98 Å². The van der Waals surface area contributed by atoms with E-state index in [1.54, 1.807) is 6.07 Å². The van der Waals surface area contributed by atoms with Crippen molar-refractivity contribution in [2.45, 2.75) is 32.4 Å². The van der Waals surface area contributed by atoms with Crippen molar-refractivity contribution < 1.29 is 0 Å². The Labute approximate surface area is 129 Å². The zero-order chi connectivity index (χ0) is 14.1. The molecule has 1 aliphatic rings. The van der Waals surface area contributed by atoms with E-state index in [1.165, 1.54) is 18.4 Å². The largest absolute Gasteiger partial charge is 0.310 e. The normalized spacial score (nSPS) is 14.6. The zero-order valence-corrected chi connectivity index (χ0v) is 12.8. The van der Waals surface area contributed by atoms with Crippen molar-refractivity contribution in [3.8, 4) is 11.3 Å². The fourth-order valence-electron chi connectivity index (χ4n) is 2.17. The molecular weight excluding hydrogens is 291 g/mol. The van der Waals surface area contributed by atoms with Crippen LogP contribution in [0.3, 0.4) is 0 Å². The number of aryl methyl sites for hydroxylation is 1. The number of nitrogens with zero attached hydrogens (tertiary/aromatic N) is 1. The van der Waals surface area contributed by atoms with Crippen molar-refractivity contribution in [2.75, 3.05) is 0 Å². The summed E-state index contributed by atoms with van der Waals surface area (Å²) in [6, 6.07) is 10.3. The Kier molecular flexibility index (Phi) is 3.97. The third kappa shape index (κ3) is 3.14. The average Bonchev–Trinajstić information content (AvgIpc) is 3.21. The highest BCUT2D eigenvalue weighted by Gasteiger charge is 2.20. The highest BCUT2D eigenvalue weighted by Crippen LogP contribution is 2.29. The Morgan fingerprint density at radius 2 is 2.00 bits per heavy atom. The minimum Gasteiger partial charge on any atom is -0.310 e. The molecule has 0 amide bonds. The molecule has 2 nitrogen and oxygen atoms in total. The van der Waals surface area contributed by atoms with Crippen LogP contribution in [0.4, 0.5) is 0 Å². The molecule has 1 saturated carbocycles. The summed E-state index contributed by atoms with van der Waals surface area (Å²) >= 11 is 12.2. The highest BCUT2D eigenvalue weighted by molar-refractivity contribution is 6.36. The summed E-state index contributed by atoms with van der Waals surface area (Å²) in [4.78, 5) is 4.66. The standard InChI is InChI=1S/C16H16Cl2N2/c1-10-11(9-19-13-4-5-13)2-7-16(20-10)14-6-3-12(17)8-15(14)18/h2-3,6-8,13,19H,4-5,9H2,1H3. The summed E-state index contributed by atoms with van der Waals surface area (Å²) in [6.07, 6.45) is 2.59. The van der Waals surface area contributed by atoms with E-state index in [2.05, 4.69) is 16.4 Å². The van der Waals surface area contributed by atoms with E-state index in [9.17, 15) is 0 Å². The summed E-state index contributed by atoms with van der Waals surface area (Å²) in [5.74, 6) is 0. The molecule has 1 heterocycles. The van der Waals surface area contributed by atoms with Crippen molar-refractivity contribution in [1.29, 1.82) is 0 Å². The molecule has 1 N–H and O–H groups in total. The number of hydrogen-bond donors (Lipinski definition) is 1. The number of halogens is 2. The second kappa shape index (κ2) is 5.72. The van der Waals surface area contributed by atoms with Crippen LogP contribution in [0, 0.1) is 6.92 Å². The first-order valence-corrected chi connectivity index (χ1v) is 7.54. The van der Waals surface area contributed by atoms with Crippen LogP contribution in [-0.4, -0.2) is 11.0 Å². The molecule has 20 heavy (non-hydrogen) atoms. The molecule has 1 fully saturated rings. The van der Waals surface area contributed by atoms with E-state index in [0.717, 1.165) is 23.5 Å². The fourth-order valence-corrected chi connectivity index (χ4v) is 2.67. The topological polar surface area (TPSA) is 24.9 Å². The van der Waals surface area contributed by atoms with Crippen LogP contribution >= 0.6 is 23.2 Å². The molecule has 0 unspecified atom stereocenters. The van der Waals surface area contributed by atoms with Crippen molar-refractivity contribution in [3.05, 3.63) is 51.6 Å². The second-order valence-electron chi connectivity index (χ2n) is 5.22. The summed E-state index contributed by atoms with van der Waals surface area (Å²) < 4.78 is 0. The van der Waals surface area contributed by atoms with Crippen LogP contribution in [0.15, 0.2) is 30.3 Å². The molecule has 0 bridgehead atoms. The maximum atomic E-state index is 6.23. The minimum absolute atomic E-state index is 0.633. The van der Waals surface area contributed by atoms with Crippen LogP contribution in [0.25, 0.3) is 11.3 Å². The van der Waals surface area contributed by atoms with Gasteiger partial charge >= 0.3 is 0 Å². The molecule has 1 aromatic carbocycles. The van der Waals surface area contributed by atoms with Gasteiger partial charge in [0.2, 0.25) is 0 Å². The first-order chi connectivity index (χ1) is 9.63. The lowest BCUT2D eigenvalue weighted by Crippen LogP contribution is -2.16. The summed E-state index contributed by atoms with van der Waals surface area (Å²) in [7, 11) is 0. The van der Waals surface area contributed by atoms with E-state index in [4.69, 9.17) is 23.2 Å². The van der Waals surface area contributed by atoms with E-state index >= 15 is 0 Å². The average molecular weight is 307 g/mol. The molecule has 0 atom stereocenters. The molecular formula is C16H16Cl2N2. The number of aromatic nitrogens is 1. The molecule has 0 radical (unpaired) electrons. The van der Waals surface area contributed by atoms with Crippen LogP contribution in [-0.2, 0) is 6.54 Å². The lowest BCUT2D eigenvalue weighted by Gasteiger charge is -2.10. The lowest BCUT2D eigenvalue weighted by atomic mass is 10.1. The third-order valence-corrected chi connectivity index (χ3v) is 4.11. The lowest BCUT2D eigenvalue weighted by molar-refractivity contribution is 0.682. The predicted octanol–water partition coefficient (Wildman–Crippen LogP) is 4.62. The molecule has 2 aromatic rings. The Morgan fingerprint density at radius 3 is 2.65 bits per heavy atom. The Morgan fingerprint density at radius 1 is 1.20 bits per heavy atom. The van der Waals surface area contributed by atoms with Crippen LogP contribution in [0.2, 0.25) is 10.0 Å². The van der Waals surface area contributed by atoms with Gasteiger partial charge < -0.3 is 5.32 Å². The van der Waals surface area contributed by atoms with E-state index in [-0.39, 0.29) is 0 Å². The van der Waals surface area contributed by atoms with Gasteiger partial charge in [-0.1, -0.05) is 29.3 Å². The summed E-state index contributed by atoms with van der Waals surface area (Å²) in [5, 5.41) is 4.78. The van der Waals surface area contributed by atoms with Gasteiger partial charge in [-0.05, 0) is 49.6 Å². The van der Waals surface area contributed by atoms with Gasteiger partial charge in [0.1, 0.15) is 0 Å². The Bertz CT molecular complexity index is 636. The smallest absolute Gasteiger partial charge is 0.0720 e. The number of nitrogens with one attached hydrogen (secondary N) is 1. The van der Waals surface area contributed by atoms with Crippen LogP contribution in [0.1, 0.15) is 24.1 Å². The highest BCUT2D eigenvalue weighted by atomic mass is 35.5. The maximum Gasteiger partial charge on any atom is 0.0720 e. The molecule has 4 heteroatoms. The first kappa shape index (κ1) is 13.9. The van der Waals surface area contributed by atoms with Gasteiger partial charge in [-0.2, -0.15) is 0 Å². The van der Waals surface area contributed by atoms with E-state index < -0.39 is 0 Å². The Balaban J connectivity index is 1.84. The molecule has 3 rings (SSSR count). The van der Waals surface area contributed by atoms with Gasteiger partial charge in [0.15, 0.2) is 0 Å². The van der Waals surface area contributed by atoms with Crippen molar-refractivity contribution in [1.82, 2.24) is 10.3 Å². The van der Waals surface area contributed by atoms with Gasteiger partial charge in [-0.25, -0.2) is 0 Å². The Hall–Kier alpha value is -1.09. The van der Waals surface area contributed by atoms with Crippen LogP contribution in [0.5, 0.6) is 0 Å². The van der Waals surface area contributed by atoms with Crippen molar-refractivity contribution in [2.24, 2.45) is 0 Å². The van der Waals surface area contributed by atoms with Crippen LogP contribution < -0.4 is 5.32 Å². The number of rotatable bonds is 4. The number of benzene rings is 1. The van der Waals surface area contributed by atoms with E-state index in [1.807, 2.05) is 25.1 Å². The van der Waals surface area contributed by atoms with E-state index in [0.29, 0.717) is 16.1 Å². The molecule has 1 aliphatic carbocycles. The molecule has 0 spiro atoms. The molecule has 104 valence electrons. The predicted molar refractivity (Wildman–Crippen MR) is 84.3 cm³/mol. The zero-order valence-electron chi connectivity index (χ0n) is 11.3. The fraction of sp³-hybridized carbons (Fsp3) is 0.312. The number of hydrogen-bond acceptors (Lipinski definition) is 2. The van der Waals surface area contributed by atoms with Gasteiger partial charge in [0.25, 0.3) is 0 Å². The SMILES string of the molecule is Cc1nc(-c2ccc(Cl)cc2Cl)ccc1CNC1CC1. The van der Waals surface area contributed by atoms with Gasteiger partial charge in [0.05, 0.1) is 10.7 Å².